The lowest BCUT2D eigenvalue weighted by Gasteiger charge is -2.26. The molecule has 0 aliphatic carbocycles. The van der Waals surface area contributed by atoms with Crippen LogP contribution < -0.4 is 10.0 Å². The summed E-state index contributed by atoms with van der Waals surface area (Å²) < 4.78 is 25.5. The average molecular weight is 346 g/mol. The largest absolute Gasteiger partial charge is 0.382 e. The zero-order valence-corrected chi connectivity index (χ0v) is 15.4. The molecule has 2 N–H and O–H groups in total. The third-order valence-corrected chi connectivity index (χ3v) is 4.52. The number of aryl methyl sites for hydroxylation is 2. The Bertz CT molecular complexity index is 928. The van der Waals surface area contributed by atoms with E-state index in [-0.39, 0.29) is 0 Å². The van der Waals surface area contributed by atoms with Crippen molar-refractivity contribution in [2.75, 3.05) is 18.1 Å². The van der Waals surface area contributed by atoms with Crippen LogP contribution in [0.4, 0.5) is 5.69 Å². The molecule has 1 aromatic carbocycles. The number of anilines is 1. The van der Waals surface area contributed by atoms with Crippen LogP contribution in [0.1, 0.15) is 30.5 Å². The summed E-state index contributed by atoms with van der Waals surface area (Å²) in [5, 5.41) is 13.5. The topological polar surface area (TPSA) is 94.9 Å². The number of nitrogens with one attached hydrogen (secondary N) is 2. The fourth-order valence-corrected chi connectivity index (χ4v) is 3.86. The van der Waals surface area contributed by atoms with Gasteiger partial charge in [0.1, 0.15) is 6.07 Å². The number of benzene rings is 1. The van der Waals surface area contributed by atoms with Gasteiger partial charge < -0.3 is 5.32 Å². The molecule has 7 heteroatoms. The van der Waals surface area contributed by atoms with Crippen LogP contribution in [0.3, 0.4) is 0 Å². The Kier molecular flexibility index (Phi) is 4.83. The van der Waals surface area contributed by atoms with Gasteiger partial charge in [0.15, 0.2) is 0 Å². The Morgan fingerprint density at radius 2 is 1.96 bits per heavy atom. The molecule has 2 aromatic rings. The van der Waals surface area contributed by atoms with Crippen LogP contribution in [0.2, 0.25) is 0 Å². The first-order chi connectivity index (χ1) is 11.0. The van der Waals surface area contributed by atoms with Crippen molar-refractivity contribution in [3.63, 3.8) is 0 Å². The van der Waals surface area contributed by atoms with Gasteiger partial charge in [-0.05, 0) is 39.3 Å². The van der Waals surface area contributed by atoms with Gasteiger partial charge in [-0.2, -0.15) is 5.26 Å². The maximum atomic E-state index is 11.5. The summed E-state index contributed by atoms with van der Waals surface area (Å²) in [5.74, 6) is 0. The van der Waals surface area contributed by atoms with Crippen LogP contribution in [-0.4, -0.2) is 31.7 Å². The molecule has 0 aliphatic rings. The standard InChI is InChI=1S/C17H22N4O2S/c1-11-6-12(2)15-14(7-11)16(13(8-18)9-19-15)20-10-17(3,4)21-24(5,22)23/h6-7,9,21H,10H2,1-5H3,(H,19,20). The Hall–Kier alpha value is -2.17. The van der Waals surface area contributed by atoms with E-state index in [0.29, 0.717) is 17.8 Å². The molecule has 2 rings (SSSR count). The summed E-state index contributed by atoms with van der Waals surface area (Å²) >= 11 is 0. The molecule has 128 valence electrons. The van der Waals surface area contributed by atoms with Crippen molar-refractivity contribution in [3.8, 4) is 6.07 Å². The number of fused-ring (bicyclic) bond motifs is 1. The molecule has 0 fully saturated rings. The minimum absolute atomic E-state index is 0.334. The monoisotopic (exact) mass is 346 g/mol. The van der Waals surface area contributed by atoms with E-state index >= 15 is 0 Å². The van der Waals surface area contributed by atoms with Crippen molar-refractivity contribution in [2.45, 2.75) is 33.2 Å². The Balaban J connectivity index is 2.46. The van der Waals surface area contributed by atoms with Gasteiger partial charge in [-0.3, -0.25) is 4.98 Å². The molecular weight excluding hydrogens is 324 g/mol. The predicted octanol–water partition coefficient (Wildman–Crippen LogP) is 2.46. The van der Waals surface area contributed by atoms with Gasteiger partial charge in [0, 0.05) is 23.7 Å². The second-order valence-electron chi connectivity index (χ2n) is 6.75. The molecule has 1 aromatic heterocycles. The van der Waals surface area contributed by atoms with E-state index in [0.717, 1.165) is 28.3 Å². The molecule has 24 heavy (non-hydrogen) atoms. The predicted molar refractivity (Wildman–Crippen MR) is 96.5 cm³/mol. The third-order valence-electron chi connectivity index (χ3n) is 3.60. The quantitative estimate of drug-likeness (QED) is 0.867. The van der Waals surface area contributed by atoms with Crippen molar-refractivity contribution >= 4 is 26.6 Å². The van der Waals surface area contributed by atoms with E-state index in [1.807, 2.05) is 26.0 Å². The molecule has 1 heterocycles. The number of aromatic nitrogens is 1. The summed E-state index contributed by atoms with van der Waals surface area (Å²) in [4.78, 5) is 4.38. The molecule has 0 bridgehead atoms. The molecule has 0 saturated carbocycles. The minimum atomic E-state index is -3.33. The third kappa shape index (κ3) is 4.22. The maximum absolute atomic E-state index is 11.5. The SMILES string of the molecule is Cc1cc(C)c2ncc(C#N)c(NCC(C)(C)NS(C)(=O)=O)c2c1. The van der Waals surface area contributed by atoms with E-state index in [9.17, 15) is 13.7 Å². The van der Waals surface area contributed by atoms with Crippen molar-refractivity contribution in [1.82, 2.24) is 9.71 Å². The van der Waals surface area contributed by atoms with Gasteiger partial charge in [-0.1, -0.05) is 11.6 Å². The van der Waals surface area contributed by atoms with Crippen molar-refractivity contribution < 1.29 is 8.42 Å². The van der Waals surface area contributed by atoms with Crippen LogP contribution in [0.5, 0.6) is 0 Å². The lowest BCUT2D eigenvalue weighted by Crippen LogP contribution is -2.47. The number of hydrogen-bond donors (Lipinski definition) is 2. The smallest absolute Gasteiger partial charge is 0.209 e. The number of rotatable bonds is 5. The zero-order valence-electron chi connectivity index (χ0n) is 14.6. The molecular formula is C17H22N4O2S. The van der Waals surface area contributed by atoms with Gasteiger partial charge in [0.2, 0.25) is 10.0 Å². The van der Waals surface area contributed by atoms with Crippen molar-refractivity contribution in [1.29, 1.82) is 5.26 Å². The molecule has 0 atom stereocenters. The minimum Gasteiger partial charge on any atom is -0.382 e. The van der Waals surface area contributed by atoms with E-state index in [2.05, 4.69) is 21.1 Å². The molecule has 0 amide bonds. The van der Waals surface area contributed by atoms with Gasteiger partial charge in [-0.25, -0.2) is 13.1 Å². The van der Waals surface area contributed by atoms with Crippen LogP contribution in [0.15, 0.2) is 18.3 Å². The summed E-state index contributed by atoms with van der Waals surface area (Å²) in [7, 11) is -3.33. The van der Waals surface area contributed by atoms with Crippen LogP contribution in [0, 0.1) is 25.2 Å². The maximum Gasteiger partial charge on any atom is 0.209 e. The van der Waals surface area contributed by atoms with E-state index in [1.165, 1.54) is 0 Å². The van der Waals surface area contributed by atoms with Crippen LogP contribution >= 0.6 is 0 Å². The number of hydrogen-bond acceptors (Lipinski definition) is 5. The van der Waals surface area contributed by atoms with Crippen LogP contribution in [0.25, 0.3) is 10.9 Å². The Morgan fingerprint density at radius 3 is 2.54 bits per heavy atom. The fourth-order valence-electron chi connectivity index (χ4n) is 2.78. The second kappa shape index (κ2) is 6.38. The molecule has 0 radical (unpaired) electrons. The van der Waals surface area contributed by atoms with Gasteiger partial charge in [-0.15, -0.1) is 0 Å². The number of nitrogens with zero attached hydrogens (tertiary/aromatic N) is 2. The highest BCUT2D eigenvalue weighted by molar-refractivity contribution is 7.88. The first-order valence-electron chi connectivity index (χ1n) is 7.55. The molecule has 0 aliphatic heterocycles. The molecule has 0 saturated heterocycles. The highest BCUT2D eigenvalue weighted by atomic mass is 32.2. The highest BCUT2D eigenvalue weighted by Crippen LogP contribution is 2.29. The van der Waals surface area contributed by atoms with E-state index in [4.69, 9.17) is 0 Å². The number of sulfonamides is 1. The summed E-state index contributed by atoms with van der Waals surface area (Å²) in [6, 6.07) is 6.17. The summed E-state index contributed by atoms with van der Waals surface area (Å²) in [6.45, 7) is 7.87. The van der Waals surface area contributed by atoms with E-state index in [1.54, 1.807) is 20.0 Å². The average Bonchev–Trinajstić information content (AvgIpc) is 2.41. The highest BCUT2D eigenvalue weighted by Gasteiger charge is 2.23. The zero-order chi connectivity index (χ0) is 18.1. The first kappa shape index (κ1) is 18.2. The van der Waals surface area contributed by atoms with Crippen molar-refractivity contribution in [3.05, 3.63) is 35.0 Å². The summed E-state index contributed by atoms with van der Waals surface area (Å²) in [6.07, 6.45) is 2.67. The van der Waals surface area contributed by atoms with Crippen LogP contribution in [-0.2, 0) is 10.0 Å². The fraction of sp³-hybridized carbons (Fsp3) is 0.412. The lowest BCUT2D eigenvalue weighted by molar-refractivity contribution is 0.476. The Labute approximate surface area is 143 Å². The second-order valence-corrected chi connectivity index (χ2v) is 8.50. The number of pyridine rings is 1. The summed E-state index contributed by atoms with van der Waals surface area (Å²) in [5.41, 5.74) is 3.35. The molecule has 6 nitrogen and oxygen atoms in total. The van der Waals surface area contributed by atoms with Gasteiger partial charge in [0.05, 0.1) is 23.0 Å². The Morgan fingerprint density at radius 1 is 1.29 bits per heavy atom. The lowest BCUT2D eigenvalue weighted by atomic mass is 10.0. The normalized spacial score (nSPS) is 12.2. The van der Waals surface area contributed by atoms with Crippen molar-refractivity contribution in [2.24, 2.45) is 0 Å². The first-order valence-corrected chi connectivity index (χ1v) is 9.44. The van der Waals surface area contributed by atoms with Gasteiger partial charge in [0.25, 0.3) is 0 Å². The molecule has 0 unspecified atom stereocenters. The van der Waals surface area contributed by atoms with E-state index < -0.39 is 15.6 Å². The number of nitriles is 1. The molecule has 0 spiro atoms. The van der Waals surface area contributed by atoms with Gasteiger partial charge >= 0.3 is 0 Å².